The molecule has 0 saturated carbocycles. The highest BCUT2D eigenvalue weighted by Gasteiger charge is 2.34. The molecule has 1 atom stereocenters. The first-order valence-electron chi connectivity index (χ1n) is 8.63. The number of likely N-dealkylation sites (tertiary alicyclic amines) is 1. The summed E-state index contributed by atoms with van der Waals surface area (Å²) in [5.41, 5.74) is 9.72. The first kappa shape index (κ1) is 17.3. The van der Waals surface area contributed by atoms with Crippen LogP contribution in [-0.4, -0.2) is 41.7 Å². The molecular formula is C20H25N3O2. The van der Waals surface area contributed by atoms with Crippen LogP contribution in [0.25, 0.3) is 0 Å². The van der Waals surface area contributed by atoms with Gasteiger partial charge in [-0.25, -0.2) is 0 Å². The van der Waals surface area contributed by atoms with E-state index in [2.05, 4.69) is 29.6 Å². The van der Waals surface area contributed by atoms with Gasteiger partial charge in [0.25, 0.3) is 0 Å². The van der Waals surface area contributed by atoms with Crippen LogP contribution in [0.2, 0.25) is 0 Å². The lowest BCUT2D eigenvalue weighted by Crippen LogP contribution is -2.56. The quantitative estimate of drug-likeness (QED) is 0.704. The average Bonchev–Trinajstić information content (AvgIpc) is 2.57. The molecule has 3 rings (SSSR count). The van der Waals surface area contributed by atoms with Gasteiger partial charge in [0.1, 0.15) is 6.04 Å². The standard InChI is InChI=1S/C20H25N3O2/c1-14-6-8-15(9-7-14)10-19(20(25)23-11-16(12-23)13-24)22-18-5-3-2-4-17(18)21/h2-9,16,19,22,24H,10-13,21H2,1H3. The number of nitrogens with one attached hydrogen (secondary N) is 1. The summed E-state index contributed by atoms with van der Waals surface area (Å²) in [6.45, 7) is 3.41. The van der Waals surface area contributed by atoms with E-state index in [4.69, 9.17) is 5.73 Å². The van der Waals surface area contributed by atoms with Crippen molar-refractivity contribution < 1.29 is 9.90 Å². The highest BCUT2D eigenvalue weighted by atomic mass is 16.3. The second kappa shape index (κ2) is 7.57. The van der Waals surface area contributed by atoms with Crippen LogP contribution < -0.4 is 11.1 Å². The van der Waals surface area contributed by atoms with Crippen LogP contribution in [-0.2, 0) is 11.2 Å². The molecule has 0 aliphatic carbocycles. The lowest BCUT2D eigenvalue weighted by atomic mass is 9.97. The first-order chi connectivity index (χ1) is 12.1. The van der Waals surface area contributed by atoms with Crippen LogP contribution >= 0.6 is 0 Å². The van der Waals surface area contributed by atoms with Crippen LogP contribution in [0, 0.1) is 12.8 Å². The molecule has 1 unspecified atom stereocenters. The predicted molar refractivity (Wildman–Crippen MR) is 100 cm³/mol. The summed E-state index contributed by atoms with van der Waals surface area (Å²) < 4.78 is 0. The number of nitrogens with zero attached hydrogens (tertiary/aromatic N) is 1. The number of hydrogen-bond donors (Lipinski definition) is 3. The van der Waals surface area contributed by atoms with Crippen molar-refractivity contribution in [2.75, 3.05) is 30.7 Å². The Bertz CT molecular complexity index is 724. The van der Waals surface area contributed by atoms with E-state index in [1.807, 2.05) is 31.2 Å². The lowest BCUT2D eigenvalue weighted by molar-refractivity contribution is -0.139. The number of aliphatic hydroxyl groups is 1. The van der Waals surface area contributed by atoms with E-state index in [-0.39, 0.29) is 24.5 Å². The number of para-hydroxylation sites is 2. The number of nitrogen functional groups attached to an aromatic ring is 1. The molecule has 0 spiro atoms. The zero-order chi connectivity index (χ0) is 17.8. The Kier molecular flexibility index (Phi) is 5.24. The van der Waals surface area contributed by atoms with E-state index in [1.54, 1.807) is 4.90 Å². The van der Waals surface area contributed by atoms with E-state index in [9.17, 15) is 9.90 Å². The molecular weight excluding hydrogens is 314 g/mol. The Morgan fingerprint density at radius 2 is 1.92 bits per heavy atom. The third kappa shape index (κ3) is 4.12. The normalized spacial score (nSPS) is 15.5. The highest BCUT2D eigenvalue weighted by Crippen LogP contribution is 2.22. The Morgan fingerprint density at radius 1 is 1.24 bits per heavy atom. The Morgan fingerprint density at radius 3 is 2.56 bits per heavy atom. The summed E-state index contributed by atoms with van der Waals surface area (Å²) in [6.07, 6.45) is 0.591. The fraction of sp³-hybridized carbons (Fsp3) is 0.350. The van der Waals surface area contributed by atoms with Gasteiger partial charge in [0.2, 0.25) is 5.91 Å². The monoisotopic (exact) mass is 339 g/mol. The third-order valence-electron chi connectivity index (χ3n) is 4.68. The van der Waals surface area contributed by atoms with Crippen LogP contribution in [0.5, 0.6) is 0 Å². The smallest absolute Gasteiger partial charge is 0.245 e. The van der Waals surface area contributed by atoms with Gasteiger partial charge in [0.05, 0.1) is 11.4 Å². The number of rotatable bonds is 6. The van der Waals surface area contributed by atoms with Gasteiger partial charge in [-0.1, -0.05) is 42.0 Å². The number of amides is 1. The van der Waals surface area contributed by atoms with Gasteiger partial charge in [-0.05, 0) is 24.6 Å². The maximum Gasteiger partial charge on any atom is 0.245 e. The van der Waals surface area contributed by atoms with Crippen molar-refractivity contribution in [1.82, 2.24) is 4.90 Å². The number of hydrogen-bond acceptors (Lipinski definition) is 4. The van der Waals surface area contributed by atoms with Gasteiger partial charge in [0.15, 0.2) is 0 Å². The first-order valence-corrected chi connectivity index (χ1v) is 8.63. The van der Waals surface area contributed by atoms with Crippen LogP contribution in [0.15, 0.2) is 48.5 Å². The van der Waals surface area contributed by atoms with Crippen LogP contribution in [0.3, 0.4) is 0 Å². The van der Waals surface area contributed by atoms with E-state index in [0.29, 0.717) is 25.2 Å². The summed E-state index contributed by atoms with van der Waals surface area (Å²) in [5.74, 6) is 0.249. The SMILES string of the molecule is Cc1ccc(CC(Nc2ccccc2N)C(=O)N2CC(CO)C2)cc1. The largest absolute Gasteiger partial charge is 0.397 e. The van der Waals surface area contributed by atoms with Crippen molar-refractivity contribution in [2.24, 2.45) is 5.92 Å². The number of anilines is 2. The summed E-state index contributed by atoms with van der Waals surface area (Å²) >= 11 is 0. The molecule has 1 amide bonds. The second-order valence-electron chi connectivity index (χ2n) is 6.77. The van der Waals surface area contributed by atoms with E-state index in [0.717, 1.165) is 11.3 Å². The zero-order valence-electron chi connectivity index (χ0n) is 14.5. The molecule has 1 aliphatic heterocycles. The van der Waals surface area contributed by atoms with Gasteiger partial charge in [-0.15, -0.1) is 0 Å². The summed E-state index contributed by atoms with van der Waals surface area (Å²) in [4.78, 5) is 14.7. The molecule has 1 aliphatic rings. The third-order valence-corrected chi connectivity index (χ3v) is 4.68. The van der Waals surface area contributed by atoms with Crippen molar-refractivity contribution in [2.45, 2.75) is 19.4 Å². The minimum Gasteiger partial charge on any atom is -0.397 e. The minimum absolute atomic E-state index is 0.0496. The fourth-order valence-corrected chi connectivity index (χ4v) is 3.06. The zero-order valence-corrected chi connectivity index (χ0v) is 14.5. The Balaban J connectivity index is 1.76. The maximum absolute atomic E-state index is 12.9. The molecule has 0 aromatic heterocycles. The van der Waals surface area contributed by atoms with Gasteiger partial charge in [0, 0.05) is 32.0 Å². The van der Waals surface area contributed by atoms with Crippen molar-refractivity contribution in [3.8, 4) is 0 Å². The van der Waals surface area contributed by atoms with Gasteiger partial charge in [-0.2, -0.15) is 0 Å². The average molecular weight is 339 g/mol. The molecule has 2 aromatic carbocycles. The second-order valence-corrected chi connectivity index (χ2v) is 6.77. The predicted octanol–water partition coefficient (Wildman–Crippen LogP) is 2.05. The Hall–Kier alpha value is -2.53. The molecule has 25 heavy (non-hydrogen) atoms. The number of carbonyl (C=O) groups is 1. The van der Waals surface area contributed by atoms with Gasteiger partial charge < -0.3 is 21.1 Å². The van der Waals surface area contributed by atoms with Crippen molar-refractivity contribution in [1.29, 1.82) is 0 Å². The molecule has 4 N–H and O–H groups in total. The van der Waals surface area contributed by atoms with Crippen LogP contribution in [0.1, 0.15) is 11.1 Å². The van der Waals surface area contributed by atoms with E-state index in [1.165, 1.54) is 5.56 Å². The molecule has 1 fully saturated rings. The number of carbonyl (C=O) groups excluding carboxylic acids is 1. The number of aryl methyl sites for hydroxylation is 1. The molecule has 2 aromatic rings. The van der Waals surface area contributed by atoms with Crippen molar-refractivity contribution >= 4 is 17.3 Å². The maximum atomic E-state index is 12.9. The molecule has 0 bridgehead atoms. The molecule has 0 radical (unpaired) electrons. The fourth-order valence-electron chi connectivity index (χ4n) is 3.06. The summed E-state index contributed by atoms with van der Waals surface area (Å²) in [6, 6.07) is 15.3. The molecule has 1 saturated heterocycles. The van der Waals surface area contributed by atoms with E-state index < -0.39 is 0 Å². The lowest BCUT2D eigenvalue weighted by Gasteiger charge is -2.40. The topological polar surface area (TPSA) is 78.6 Å². The summed E-state index contributed by atoms with van der Waals surface area (Å²) in [5, 5.41) is 12.5. The molecule has 1 heterocycles. The molecule has 5 heteroatoms. The van der Waals surface area contributed by atoms with Crippen molar-refractivity contribution in [3.05, 3.63) is 59.7 Å². The highest BCUT2D eigenvalue weighted by molar-refractivity contribution is 5.87. The number of nitrogens with two attached hydrogens (primary N) is 1. The Labute approximate surface area is 148 Å². The van der Waals surface area contributed by atoms with Gasteiger partial charge in [-0.3, -0.25) is 4.79 Å². The van der Waals surface area contributed by atoms with E-state index >= 15 is 0 Å². The molecule has 5 nitrogen and oxygen atoms in total. The number of aliphatic hydroxyl groups excluding tert-OH is 1. The van der Waals surface area contributed by atoms with Gasteiger partial charge >= 0.3 is 0 Å². The van der Waals surface area contributed by atoms with Crippen molar-refractivity contribution in [3.63, 3.8) is 0 Å². The number of benzene rings is 2. The van der Waals surface area contributed by atoms with Crippen LogP contribution in [0.4, 0.5) is 11.4 Å². The minimum atomic E-state index is -0.382. The molecule has 132 valence electrons. The summed E-state index contributed by atoms with van der Waals surface area (Å²) in [7, 11) is 0.